The minimum atomic E-state index is -0.526. The molecule has 3 aromatic carbocycles. The highest BCUT2D eigenvalue weighted by molar-refractivity contribution is 6.30. The Morgan fingerprint density at radius 3 is 2.35 bits per heavy atom. The van der Waals surface area contributed by atoms with Gasteiger partial charge in [-0.1, -0.05) is 35.9 Å². The second kappa shape index (κ2) is 8.19. The molecule has 0 fully saturated rings. The summed E-state index contributed by atoms with van der Waals surface area (Å²) in [6.07, 6.45) is 0. The normalized spacial score (nSPS) is 10.0. The lowest BCUT2D eigenvalue weighted by Gasteiger charge is -2.11. The smallest absolute Gasteiger partial charge is 0.347 e. The number of esters is 1. The van der Waals surface area contributed by atoms with E-state index in [1.54, 1.807) is 60.7 Å². The number of carbonyl (C=O) groups excluding carboxylic acids is 1. The molecule has 5 heteroatoms. The van der Waals surface area contributed by atoms with Crippen molar-refractivity contribution in [1.29, 1.82) is 5.26 Å². The molecule has 0 aliphatic heterocycles. The van der Waals surface area contributed by atoms with E-state index in [-0.39, 0.29) is 0 Å². The minimum Gasteiger partial charge on any atom is -0.488 e. The van der Waals surface area contributed by atoms with Gasteiger partial charge in [-0.2, -0.15) is 5.26 Å². The van der Waals surface area contributed by atoms with Gasteiger partial charge in [0.25, 0.3) is 0 Å². The van der Waals surface area contributed by atoms with E-state index < -0.39 is 5.97 Å². The Morgan fingerprint density at radius 1 is 0.962 bits per heavy atom. The Kier molecular flexibility index (Phi) is 5.52. The van der Waals surface area contributed by atoms with E-state index >= 15 is 0 Å². The average Bonchev–Trinajstić information content (AvgIpc) is 2.68. The maximum Gasteiger partial charge on any atom is 0.347 e. The van der Waals surface area contributed by atoms with Crippen LogP contribution in [0.5, 0.6) is 11.5 Å². The van der Waals surface area contributed by atoms with Crippen molar-refractivity contribution < 1.29 is 14.3 Å². The third-order valence-corrected chi connectivity index (χ3v) is 3.86. The van der Waals surface area contributed by atoms with Crippen LogP contribution < -0.4 is 9.47 Å². The van der Waals surface area contributed by atoms with Gasteiger partial charge < -0.3 is 9.47 Å². The molecule has 3 rings (SSSR count). The molecule has 3 aromatic rings. The lowest BCUT2D eigenvalue weighted by atomic mass is 10.2. The Morgan fingerprint density at radius 2 is 1.65 bits per heavy atom. The Labute approximate surface area is 156 Å². The maximum atomic E-state index is 12.5. The fraction of sp³-hybridized carbons (Fsp3) is 0.0476. The fourth-order valence-electron chi connectivity index (χ4n) is 2.26. The number of nitriles is 1. The van der Waals surface area contributed by atoms with Crippen molar-refractivity contribution >= 4 is 17.6 Å². The predicted octanol–water partition coefficient (Wildman–Crippen LogP) is 5.01. The fourth-order valence-corrected chi connectivity index (χ4v) is 2.39. The van der Waals surface area contributed by atoms with Gasteiger partial charge in [0.1, 0.15) is 23.7 Å². The van der Waals surface area contributed by atoms with Crippen molar-refractivity contribution in [3.05, 3.63) is 94.5 Å². The number of rotatable bonds is 5. The zero-order chi connectivity index (χ0) is 18.4. The minimum absolute atomic E-state index is 0.304. The van der Waals surface area contributed by atoms with Gasteiger partial charge in [0.15, 0.2) is 0 Å². The van der Waals surface area contributed by atoms with Gasteiger partial charge in [-0.15, -0.1) is 0 Å². The number of ether oxygens (including phenoxy) is 2. The molecule has 0 radical (unpaired) electrons. The molecule has 0 N–H and O–H groups in total. The van der Waals surface area contributed by atoms with Crippen molar-refractivity contribution in [3.8, 4) is 17.6 Å². The van der Waals surface area contributed by atoms with Crippen molar-refractivity contribution in [1.82, 2.24) is 0 Å². The third-order valence-electron chi connectivity index (χ3n) is 3.61. The summed E-state index contributed by atoms with van der Waals surface area (Å²) in [6.45, 7) is 0.304. The number of hydrogen-bond acceptors (Lipinski definition) is 4. The summed E-state index contributed by atoms with van der Waals surface area (Å²) < 4.78 is 11.1. The number of nitrogens with zero attached hydrogens (tertiary/aromatic N) is 1. The van der Waals surface area contributed by atoms with E-state index in [9.17, 15) is 4.79 Å². The topological polar surface area (TPSA) is 59.3 Å². The predicted molar refractivity (Wildman–Crippen MR) is 98.3 cm³/mol. The van der Waals surface area contributed by atoms with E-state index in [1.807, 2.05) is 18.2 Å². The molecule has 26 heavy (non-hydrogen) atoms. The quantitative estimate of drug-likeness (QED) is 0.472. The maximum absolute atomic E-state index is 12.5. The van der Waals surface area contributed by atoms with E-state index in [1.165, 1.54) is 0 Å². The third kappa shape index (κ3) is 4.41. The van der Waals surface area contributed by atoms with Crippen LogP contribution in [0.2, 0.25) is 5.02 Å². The summed E-state index contributed by atoms with van der Waals surface area (Å²) in [5, 5.41) is 9.46. The lowest BCUT2D eigenvalue weighted by Crippen LogP contribution is -2.11. The molecule has 0 aliphatic carbocycles. The SMILES string of the molecule is N#Cc1ccc(OC(=O)c2ccccc2OCc2ccc(Cl)cc2)cc1. The Balaban J connectivity index is 1.72. The van der Waals surface area contributed by atoms with Crippen LogP contribution in [0.15, 0.2) is 72.8 Å². The second-order valence-electron chi connectivity index (χ2n) is 5.44. The molecule has 0 aliphatic rings. The molecule has 0 spiro atoms. The van der Waals surface area contributed by atoms with Gasteiger partial charge in [0.2, 0.25) is 0 Å². The molecule has 0 saturated heterocycles. The van der Waals surface area contributed by atoms with Gasteiger partial charge in [-0.05, 0) is 54.1 Å². The standard InChI is InChI=1S/C21H14ClNO3/c22-17-9-5-16(6-10-17)14-25-20-4-2-1-3-19(20)21(24)26-18-11-7-15(13-23)8-12-18/h1-12H,14H2. The first kappa shape index (κ1) is 17.5. The molecule has 4 nitrogen and oxygen atoms in total. The monoisotopic (exact) mass is 363 g/mol. The van der Waals surface area contributed by atoms with Gasteiger partial charge in [-0.25, -0.2) is 4.79 Å². The van der Waals surface area contributed by atoms with E-state index in [0.29, 0.717) is 34.3 Å². The van der Waals surface area contributed by atoms with Crippen LogP contribution in [0.1, 0.15) is 21.5 Å². The van der Waals surface area contributed by atoms with E-state index in [2.05, 4.69) is 0 Å². The first-order valence-electron chi connectivity index (χ1n) is 7.84. The summed E-state index contributed by atoms with van der Waals surface area (Å²) in [5.41, 5.74) is 1.76. The number of halogens is 1. The molecule has 0 heterocycles. The summed E-state index contributed by atoms with van der Waals surface area (Å²) >= 11 is 5.87. The summed E-state index contributed by atoms with van der Waals surface area (Å²) in [5.74, 6) is 0.268. The van der Waals surface area contributed by atoms with Crippen molar-refractivity contribution in [3.63, 3.8) is 0 Å². The second-order valence-corrected chi connectivity index (χ2v) is 5.87. The van der Waals surface area contributed by atoms with Crippen molar-refractivity contribution in [2.24, 2.45) is 0 Å². The van der Waals surface area contributed by atoms with Gasteiger partial charge >= 0.3 is 5.97 Å². The van der Waals surface area contributed by atoms with Crippen LogP contribution in [0.25, 0.3) is 0 Å². The highest BCUT2D eigenvalue weighted by Gasteiger charge is 2.14. The molecule has 0 saturated carbocycles. The summed E-state index contributed by atoms with van der Waals surface area (Å²) in [6, 6.07) is 22.5. The number of carbonyl (C=O) groups is 1. The van der Waals surface area contributed by atoms with Gasteiger partial charge in [-0.3, -0.25) is 0 Å². The number of benzene rings is 3. The van der Waals surface area contributed by atoms with Crippen LogP contribution in [0.4, 0.5) is 0 Å². The molecule has 128 valence electrons. The van der Waals surface area contributed by atoms with Gasteiger partial charge in [0, 0.05) is 5.02 Å². The number of para-hydroxylation sites is 1. The Hall–Kier alpha value is -3.29. The van der Waals surface area contributed by atoms with Crippen molar-refractivity contribution in [2.45, 2.75) is 6.61 Å². The Bertz CT molecular complexity index is 944. The molecule has 0 bridgehead atoms. The highest BCUT2D eigenvalue weighted by Crippen LogP contribution is 2.22. The molecular formula is C21H14ClNO3. The van der Waals surface area contributed by atoms with Crippen LogP contribution >= 0.6 is 11.6 Å². The largest absolute Gasteiger partial charge is 0.488 e. The van der Waals surface area contributed by atoms with Crippen LogP contribution in [-0.4, -0.2) is 5.97 Å². The van der Waals surface area contributed by atoms with Crippen LogP contribution in [-0.2, 0) is 6.61 Å². The molecule has 0 aromatic heterocycles. The van der Waals surface area contributed by atoms with E-state index in [4.69, 9.17) is 26.3 Å². The zero-order valence-electron chi connectivity index (χ0n) is 13.7. The molecule has 0 atom stereocenters. The van der Waals surface area contributed by atoms with E-state index in [0.717, 1.165) is 5.56 Å². The zero-order valence-corrected chi connectivity index (χ0v) is 14.4. The summed E-state index contributed by atoms with van der Waals surface area (Å²) in [4.78, 5) is 12.5. The molecule has 0 amide bonds. The number of hydrogen-bond donors (Lipinski definition) is 0. The van der Waals surface area contributed by atoms with Crippen molar-refractivity contribution in [2.75, 3.05) is 0 Å². The first-order valence-corrected chi connectivity index (χ1v) is 8.22. The van der Waals surface area contributed by atoms with Gasteiger partial charge in [0.05, 0.1) is 11.6 Å². The van der Waals surface area contributed by atoms with Crippen LogP contribution in [0.3, 0.4) is 0 Å². The van der Waals surface area contributed by atoms with Crippen LogP contribution in [0, 0.1) is 11.3 Å². The first-order chi connectivity index (χ1) is 12.7. The molecular weight excluding hydrogens is 350 g/mol. The average molecular weight is 364 g/mol. The lowest BCUT2D eigenvalue weighted by molar-refractivity contribution is 0.0729. The highest BCUT2D eigenvalue weighted by atomic mass is 35.5. The molecule has 0 unspecified atom stereocenters. The summed E-state index contributed by atoms with van der Waals surface area (Å²) in [7, 11) is 0.